The molecule has 0 aliphatic carbocycles. The third-order valence-corrected chi connectivity index (χ3v) is 7.08. The third kappa shape index (κ3) is 5.92. The van der Waals surface area contributed by atoms with E-state index in [4.69, 9.17) is 4.74 Å². The van der Waals surface area contributed by atoms with Gasteiger partial charge >= 0.3 is 0 Å². The molecule has 2 amide bonds. The number of aromatic nitrogens is 3. The predicted octanol–water partition coefficient (Wildman–Crippen LogP) is 3.85. The van der Waals surface area contributed by atoms with Crippen LogP contribution in [0.3, 0.4) is 0 Å². The first-order valence-electron chi connectivity index (χ1n) is 13.2. The average Bonchev–Trinajstić information content (AvgIpc) is 3.61. The van der Waals surface area contributed by atoms with Crippen LogP contribution in [0.5, 0.6) is 0 Å². The number of hydrogen-bond acceptors (Lipinski definition) is 5. The number of nitrogens with zero attached hydrogens (tertiary/aromatic N) is 4. The Balaban J connectivity index is 1.47. The van der Waals surface area contributed by atoms with Crippen molar-refractivity contribution in [3.05, 3.63) is 95.6 Å². The van der Waals surface area contributed by atoms with Crippen molar-refractivity contribution < 1.29 is 14.3 Å². The van der Waals surface area contributed by atoms with Crippen molar-refractivity contribution in [2.24, 2.45) is 0 Å². The Bertz CT molecular complexity index is 1380. The lowest BCUT2D eigenvalue weighted by atomic mass is 9.98. The number of benzene rings is 3. The summed E-state index contributed by atoms with van der Waals surface area (Å²) in [6.45, 7) is 3.48. The Morgan fingerprint density at radius 3 is 2.61 bits per heavy atom. The zero-order valence-electron chi connectivity index (χ0n) is 21.6. The molecular weight excluding hydrogens is 478 g/mol. The maximum Gasteiger partial charge on any atom is 0.247 e. The zero-order valence-corrected chi connectivity index (χ0v) is 21.6. The summed E-state index contributed by atoms with van der Waals surface area (Å²) < 4.78 is 7.33. The molecule has 196 valence electrons. The van der Waals surface area contributed by atoms with E-state index in [2.05, 4.69) is 15.6 Å². The monoisotopic (exact) mass is 511 g/mol. The molecule has 1 aliphatic heterocycles. The molecule has 0 saturated carbocycles. The molecule has 1 aliphatic rings. The topological polar surface area (TPSA) is 89.4 Å². The summed E-state index contributed by atoms with van der Waals surface area (Å²) in [5.41, 5.74) is 4.36. The molecular formula is C30H33N5O3. The number of aryl methyl sites for hydroxylation is 1. The van der Waals surface area contributed by atoms with Gasteiger partial charge in [0.25, 0.3) is 0 Å². The van der Waals surface area contributed by atoms with Crippen molar-refractivity contribution in [2.75, 3.05) is 19.7 Å². The summed E-state index contributed by atoms with van der Waals surface area (Å²) in [6.07, 6.45) is 2.54. The van der Waals surface area contributed by atoms with Gasteiger partial charge in [0.1, 0.15) is 18.1 Å². The smallest absolute Gasteiger partial charge is 0.247 e. The molecule has 8 heteroatoms. The number of rotatable bonds is 10. The van der Waals surface area contributed by atoms with E-state index in [9.17, 15) is 9.59 Å². The highest BCUT2D eigenvalue weighted by Gasteiger charge is 2.33. The van der Waals surface area contributed by atoms with E-state index in [1.54, 1.807) is 9.58 Å². The SMILES string of the molecule is Cc1ccccc1[C@H](C(=O)NC[C@@H]1CCCO1)N(CCc1ccccc1)C(=O)Cn1nnc2ccccc21. The largest absolute Gasteiger partial charge is 0.376 e. The number of carbonyl (C=O) groups excluding carboxylic acids is 2. The number of nitrogens with one attached hydrogen (secondary N) is 1. The number of amides is 2. The summed E-state index contributed by atoms with van der Waals surface area (Å²) in [6, 6.07) is 24.5. The molecule has 1 N–H and O–H groups in total. The molecule has 38 heavy (non-hydrogen) atoms. The van der Waals surface area contributed by atoms with Gasteiger partial charge in [0, 0.05) is 19.7 Å². The van der Waals surface area contributed by atoms with Gasteiger partial charge in [0.15, 0.2) is 0 Å². The second-order valence-corrected chi connectivity index (χ2v) is 9.70. The summed E-state index contributed by atoms with van der Waals surface area (Å²) >= 11 is 0. The fraction of sp³-hybridized carbons (Fsp3) is 0.333. The van der Waals surface area contributed by atoms with Gasteiger partial charge in [-0.25, -0.2) is 4.68 Å². The maximum atomic E-state index is 14.0. The van der Waals surface area contributed by atoms with Crippen molar-refractivity contribution in [3.63, 3.8) is 0 Å². The predicted molar refractivity (Wildman–Crippen MR) is 145 cm³/mol. The van der Waals surface area contributed by atoms with Crippen LogP contribution in [-0.4, -0.2) is 57.5 Å². The molecule has 0 radical (unpaired) electrons. The van der Waals surface area contributed by atoms with Crippen LogP contribution in [0.1, 0.15) is 35.6 Å². The summed E-state index contributed by atoms with van der Waals surface area (Å²) in [7, 11) is 0. The maximum absolute atomic E-state index is 14.0. The minimum Gasteiger partial charge on any atom is -0.376 e. The van der Waals surface area contributed by atoms with Crippen LogP contribution in [0.2, 0.25) is 0 Å². The zero-order chi connectivity index (χ0) is 26.3. The third-order valence-electron chi connectivity index (χ3n) is 7.08. The fourth-order valence-corrected chi connectivity index (χ4v) is 5.01. The van der Waals surface area contributed by atoms with Gasteiger partial charge < -0.3 is 15.0 Å². The first kappa shape index (κ1) is 25.6. The van der Waals surface area contributed by atoms with Crippen molar-refractivity contribution in [1.82, 2.24) is 25.2 Å². The average molecular weight is 512 g/mol. The van der Waals surface area contributed by atoms with Gasteiger partial charge in [-0.1, -0.05) is 71.9 Å². The molecule has 0 spiro atoms. The first-order chi connectivity index (χ1) is 18.6. The van der Waals surface area contributed by atoms with Crippen LogP contribution in [0.15, 0.2) is 78.9 Å². The lowest BCUT2D eigenvalue weighted by Gasteiger charge is -2.32. The van der Waals surface area contributed by atoms with E-state index >= 15 is 0 Å². The highest BCUT2D eigenvalue weighted by Crippen LogP contribution is 2.26. The molecule has 1 fully saturated rings. The van der Waals surface area contributed by atoms with E-state index < -0.39 is 6.04 Å². The van der Waals surface area contributed by atoms with Gasteiger partial charge in [-0.3, -0.25) is 9.59 Å². The Labute approximate surface area is 222 Å². The van der Waals surface area contributed by atoms with Gasteiger partial charge in [0.2, 0.25) is 11.8 Å². The Morgan fingerprint density at radius 1 is 1.05 bits per heavy atom. The quantitative estimate of drug-likeness (QED) is 0.349. The molecule has 0 bridgehead atoms. The molecule has 4 aromatic rings. The molecule has 5 rings (SSSR count). The Hall–Kier alpha value is -4.04. The number of ether oxygens (including phenoxy) is 1. The number of para-hydroxylation sites is 1. The van der Waals surface area contributed by atoms with Crippen molar-refractivity contribution in [3.8, 4) is 0 Å². The fourth-order valence-electron chi connectivity index (χ4n) is 5.01. The number of hydrogen-bond donors (Lipinski definition) is 1. The minimum absolute atomic E-state index is 0.00598. The van der Waals surface area contributed by atoms with Gasteiger partial charge in [-0.2, -0.15) is 0 Å². The van der Waals surface area contributed by atoms with E-state index in [1.807, 2.05) is 85.8 Å². The molecule has 3 aromatic carbocycles. The molecule has 8 nitrogen and oxygen atoms in total. The standard InChI is InChI=1S/C30H33N5O3/c1-22-10-5-6-14-25(22)29(30(37)31-20-24-13-9-19-38-24)34(18-17-23-11-3-2-4-12-23)28(36)21-35-27-16-8-7-15-26(27)32-33-35/h2-8,10-12,14-16,24,29H,9,13,17-21H2,1H3,(H,31,37)/t24-,29+/m0/s1. The van der Waals surface area contributed by atoms with Crippen LogP contribution in [0, 0.1) is 6.92 Å². The lowest BCUT2D eigenvalue weighted by Crippen LogP contribution is -2.47. The normalized spacial score (nSPS) is 15.9. The number of fused-ring (bicyclic) bond motifs is 1. The number of carbonyl (C=O) groups is 2. The van der Waals surface area contributed by atoms with Crippen molar-refractivity contribution in [2.45, 2.75) is 44.9 Å². The summed E-state index contributed by atoms with van der Waals surface area (Å²) in [5, 5.41) is 11.5. The molecule has 0 unspecified atom stereocenters. The first-order valence-corrected chi connectivity index (χ1v) is 13.2. The van der Waals surface area contributed by atoms with E-state index in [-0.39, 0.29) is 24.5 Å². The van der Waals surface area contributed by atoms with Crippen molar-refractivity contribution >= 4 is 22.8 Å². The van der Waals surface area contributed by atoms with Gasteiger partial charge in [0.05, 0.1) is 11.6 Å². The Morgan fingerprint density at radius 2 is 1.82 bits per heavy atom. The molecule has 2 atom stereocenters. The van der Waals surface area contributed by atoms with Crippen LogP contribution >= 0.6 is 0 Å². The second kappa shape index (κ2) is 12.0. The second-order valence-electron chi connectivity index (χ2n) is 9.70. The molecule has 1 saturated heterocycles. The van der Waals surface area contributed by atoms with Gasteiger partial charge in [-0.05, 0) is 55.0 Å². The van der Waals surface area contributed by atoms with Gasteiger partial charge in [-0.15, -0.1) is 5.10 Å². The Kier molecular flexibility index (Phi) is 8.09. The van der Waals surface area contributed by atoms with E-state index in [1.165, 1.54) is 0 Å². The highest BCUT2D eigenvalue weighted by molar-refractivity contribution is 5.89. The summed E-state index contributed by atoms with van der Waals surface area (Å²) in [4.78, 5) is 29.5. The van der Waals surface area contributed by atoms with Crippen LogP contribution < -0.4 is 5.32 Å². The minimum atomic E-state index is -0.788. The highest BCUT2D eigenvalue weighted by atomic mass is 16.5. The lowest BCUT2D eigenvalue weighted by molar-refractivity contribution is -0.141. The van der Waals surface area contributed by atoms with E-state index in [0.717, 1.165) is 47.2 Å². The summed E-state index contributed by atoms with van der Waals surface area (Å²) in [5.74, 6) is -0.406. The van der Waals surface area contributed by atoms with Crippen LogP contribution in [0.25, 0.3) is 11.0 Å². The van der Waals surface area contributed by atoms with Crippen molar-refractivity contribution in [1.29, 1.82) is 0 Å². The van der Waals surface area contributed by atoms with Crippen LogP contribution in [0.4, 0.5) is 0 Å². The molecule has 2 heterocycles. The molecule has 1 aromatic heterocycles. The van der Waals surface area contributed by atoms with E-state index in [0.29, 0.717) is 19.5 Å². The van der Waals surface area contributed by atoms with Crippen LogP contribution in [-0.2, 0) is 27.3 Å².